The van der Waals surface area contributed by atoms with Crippen molar-refractivity contribution in [3.8, 4) is 0 Å². The smallest absolute Gasteiger partial charge is 0.0468 e. The molecule has 94 valence electrons. The highest BCUT2D eigenvalue weighted by Crippen LogP contribution is 2.29. The van der Waals surface area contributed by atoms with Crippen molar-refractivity contribution in [2.24, 2.45) is 0 Å². The number of aliphatic hydroxyl groups is 1. The van der Waals surface area contributed by atoms with Gasteiger partial charge in [-0.2, -0.15) is 0 Å². The standard InChI is InChI=1S/C13H17Cl2NO/c14-11-7-10-3-5-16(4-1-2-6-17)9-12(10)13(15)8-11/h7-8,17H,1-6,9H2. The van der Waals surface area contributed by atoms with Crippen molar-refractivity contribution in [3.05, 3.63) is 33.3 Å². The van der Waals surface area contributed by atoms with E-state index >= 15 is 0 Å². The van der Waals surface area contributed by atoms with Crippen LogP contribution < -0.4 is 0 Å². The number of halogens is 2. The summed E-state index contributed by atoms with van der Waals surface area (Å²) in [4.78, 5) is 2.39. The van der Waals surface area contributed by atoms with Crippen LogP contribution in [0.2, 0.25) is 10.0 Å². The molecule has 17 heavy (non-hydrogen) atoms. The van der Waals surface area contributed by atoms with E-state index in [0.717, 1.165) is 48.9 Å². The molecule has 0 fully saturated rings. The normalized spacial score (nSPS) is 15.9. The van der Waals surface area contributed by atoms with Crippen LogP contribution in [0.3, 0.4) is 0 Å². The highest BCUT2D eigenvalue weighted by Gasteiger charge is 2.18. The summed E-state index contributed by atoms with van der Waals surface area (Å²) in [6.45, 7) is 3.26. The molecular weight excluding hydrogens is 257 g/mol. The Hall–Kier alpha value is -0.280. The van der Waals surface area contributed by atoms with Gasteiger partial charge in [0.1, 0.15) is 0 Å². The fourth-order valence-electron chi connectivity index (χ4n) is 2.28. The molecular formula is C13H17Cl2NO. The maximum absolute atomic E-state index is 8.77. The molecule has 1 N–H and O–H groups in total. The second-order valence-corrected chi connectivity index (χ2v) is 5.33. The van der Waals surface area contributed by atoms with Gasteiger partial charge in [0.05, 0.1) is 0 Å². The minimum Gasteiger partial charge on any atom is -0.396 e. The van der Waals surface area contributed by atoms with Crippen molar-refractivity contribution < 1.29 is 5.11 Å². The van der Waals surface area contributed by atoms with Crippen molar-refractivity contribution >= 4 is 23.2 Å². The Morgan fingerprint density at radius 1 is 1.24 bits per heavy atom. The number of rotatable bonds is 4. The quantitative estimate of drug-likeness (QED) is 0.853. The van der Waals surface area contributed by atoms with Gasteiger partial charge in [-0.15, -0.1) is 0 Å². The van der Waals surface area contributed by atoms with Crippen LogP contribution in [0.1, 0.15) is 24.0 Å². The highest BCUT2D eigenvalue weighted by atomic mass is 35.5. The van der Waals surface area contributed by atoms with Crippen molar-refractivity contribution in [1.82, 2.24) is 4.90 Å². The third kappa shape index (κ3) is 3.35. The lowest BCUT2D eigenvalue weighted by molar-refractivity contribution is 0.229. The van der Waals surface area contributed by atoms with Gasteiger partial charge in [0, 0.05) is 29.7 Å². The van der Waals surface area contributed by atoms with Crippen molar-refractivity contribution in [1.29, 1.82) is 0 Å². The minimum atomic E-state index is 0.279. The molecule has 2 rings (SSSR count). The van der Waals surface area contributed by atoms with Crippen LogP contribution in [-0.2, 0) is 13.0 Å². The van der Waals surface area contributed by atoms with Crippen LogP contribution in [0.15, 0.2) is 12.1 Å². The number of fused-ring (bicyclic) bond motifs is 1. The van der Waals surface area contributed by atoms with E-state index in [0.29, 0.717) is 0 Å². The lowest BCUT2D eigenvalue weighted by atomic mass is 9.99. The van der Waals surface area contributed by atoms with E-state index in [2.05, 4.69) is 4.90 Å². The first-order chi connectivity index (χ1) is 8.20. The number of benzene rings is 1. The van der Waals surface area contributed by atoms with Gasteiger partial charge in [-0.1, -0.05) is 23.2 Å². The number of aliphatic hydroxyl groups excluding tert-OH is 1. The van der Waals surface area contributed by atoms with Gasteiger partial charge in [-0.25, -0.2) is 0 Å². The SMILES string of the molecule is OCCCCN1CCc2cc(Cl)cc(Cl)c2C1. The third-order valence-electron chi connectivity index (χ3n) is 3.21. The van der Waals surface area contributed by atoms with Gasteiger partial charge in [0.2, 0.25) is 0 Å². The number of unbranched alkanes of at least 4 members (excludes halogenated alkanes) is 1. The van der Waals surface area contributed by atoms with E-state index in [1.54, 1.807) is 0 Å². The molecule has 2 nitrogen and oxygen atoms in total. The largest absolute Gasteiger partial charge is 0.396 e. The third-order valence-corrected chi connectivity index (χ3v) is 3.77. The Morgan fingerprint density at radius 2 is 2.06 bits per heavy atom. The summed E-state index contributed by atoms with van der Waals surface area (Å²) in [5.74, 6) is 0. The summed E-state index contributed by atoms with van der Waals surface area (Å²) in [7, 11) is 0. The molecule has 0 atom stereocenters. The lowest BCUT2D eigenvalue weighted by Crippen LogP contribution is -2.31. The van der Waals surface area contributed by atoms with Gasteiger partial charge in [-0.05, 0) is 49.1 Å². The predicted octanol–water partition coefficient (Wildman–Crippen LogP) is 3.12. The summed E-state index contributed by atoms with van der Waals surface area (Å²) in [5, 5.41) is 10.3. The molecule has 0 spiro atoms. The summed E-state index contributed by atoms with van der Waals surface area (Å²) in [5.41, 5.74) is 2.49. The molecule has 0 radical (unpaired) electrons. The number of nitrogens with zero attached hydrogens (tertiary/aromatic N) is 1. The fourth-order valence-corrected chi connectivity index (χ4v) is 2.87. The molecule has 0 aliphatic carbocycles. The molecule has 0 saturated carbocycles. The Balaban J connectivity index is 2.03. The molecule has 0 saturated heterocycles. The molecule has 1 heterocycles. The van der Waals surface area contributed by atoms with E-state index < -0.39 is 0 Å². The first-order valence-corrected chi connectivity index (χ1v) is 6.76. The molecule has 0 unspecified atom stereocenters. The van der Waals surface area contributed by atoms with E-state index in [9.17, 15) is 0 Å². The summed E-state index contributed by atoms with van der Waals surface area (Å²) in [6, 6.07) is 3.84. The Labute approximate surface area is 112 Å². The number of hydrogen-bond donors (Lipinski definition) is 1. The van der Waals surface area contributed by atoms with Gasteiger partial charge in [0.25, 0.3) is 0 Å². The van der Waals surface area contributed by atoms with Crippen LogP contribution in [0.4, 0.5) is 0 Å². The summed E-state index contributed by atoms with van der Waals surface area (Å²) >= 11 is 12.2. The van der Waals surface area contributed by atoms with Gasteiger partial charge in [0.15, 0.2) is 0 Å². The molecule has 4 heteroatoms. The zero-order valence-electron chi connectivity index (χ0n) is 9.75. The zero-order chi connectivity index (χ0) is 12.3. The first-order valence-electron chi connectivity index (χ1n) is 6.00. The van der Waals surface area contributed by atoms with Crippen LogP contribution >= 0.6 is 23.2 Å². The van der Waals surface area contributed by atoms with Crippen LogP contribution in [0.5, 0.6) is 0 Å². The van der Waals surface area contributed by atoms with E-state index in [-0.39, 0.29) is 6.61 Å². The topological polar surface area (TPSA) is 23.5 Å². The predicted molar refractivity (Wildman–Crippen MR) is 71.8 cm³/mol. The van der Waals surface area contributed by atoms with E-state index in [1.165, 1.54) is 11.1 Å². The highest BCUT2D eigenvalue weighted by molar-refractivity contribution is 6.35. The first kappa shape index (κ1) is 13.2. The van der Waals surface area contributed by atoms with Crippen molar-refractivity contribution in [3.63, 3.8) is 0 Å². The Kier molecular flexibility index (Phi) is 4.69. The molecule has 0 amide bonds. The van der Waals surface area contributed by atoms with Gasteiger partial charge >= 0.3 is 0 Å². The van der Waals surface area contributed by atoms with Gasteiger partial charge in [-0.3, -0.25) is 4.90 Å². The van der Waals surface area contributed by atoms with Crippen LogP contribution in [0, 0.1) is 0 Å². The lowest BCUT2D eigenvalue weighted by Gasteiger charge is -2.29. The van der Waals surface area contributed by atoms with E-state index in [1.807, 2.05) is 12.1 Å². The second kappa shape index (κ2) is 6.05. The summed E-state index contributed by atoms with van der Waals surface area (Å²) in [6.07, 6.45) is 2.92. The molecule has 1 aliphatic heterocycles. The van der Waals surface area contributed by atoms with Crippen molar-refractivity contribution in [2.75, 3.05) is 19.7 Å². The Morgan fingerprint density at radius 3 is 2.82 bits per heavy atom. The van der Waals surface area contributed by atoms with Gasteiger partial charge < -0.3 is 5.11 Å². The molecule has 1 aromatic rings. The monoisotopic (exact) mass is 273 g/mol. The molecule has 0 bridgehead atoms. The van der Waals surface area contributed by atoms with Crippen LogP contribution in [0.25, 0.3) is 0 Å². The maximum atomic E-state index is 8.77. The van der Waals surface area contributed by atoms with E-state index in [4.69, 9.17) is 28.3 Å². The Bertz CT molecular complexity index is 395. The second-order valence-electron chi connectivity index (χ2n) is 4.48. The zero-order valence-corrected chi connectivity index (χ0v) is 11.3. The molecule has 1 aliphatic rings. The summed E-state index contributed by atoms with van der Waals surface area (Å²) < 4.78 is 0. The van der Waals surface area contributed by atoms with Crippen LogP contribution in [-0.4, -0.2) is 29.7 Å². The fraction of sp³-hybridized carbons (Fsp3) is 0.538. The number of hydrogen-bond acceptors (Lipinski definition) is 2. The molecule has 0 aromatic heterocycles. The average Bonchev–Trinajstić information content (AvgIpc) is 2.30. The minimum absolute atomic E-state index is 0.279. The maximum Gasteiger partial charge on any atom is 0.0468 e. The molecule has 1 aromatic carbocycles. The average molecular weight is 274 g/mol. The van der Waals surface area contributed by atoms with Crippen molar-refractivity contribution in [2.45, 2.75) is 25.8 Å².